The van der Waals surface area contributed by atoms with Crippen LogP contribution in [0.3, 0.4) is 0 Å². The fourth-order valence-corrected chi connectivity index (χ4v) is 4.13. The van der Waals surface area contributed by atoms with E-state index in [1.807, 2.05) is 30.3 Å². The molecule has 2 aromatic rings. The second-order valence-corrected chi connectivity index (χ2v) is 7.79. The number of halogens is 1. The molecule has 0 aromatic heterocycles. The molecule has 0 aliphatic heterocycles. The lowest BCUT2D eigenvalue weighted by atomic mass is 10.1. The highest BCUT2D eigenvalue weighted by Gasteiger charge is 2.15. The van der Waals surface area contributed by atoms with Crippen molar-refractivity contribution in [3.05, 3.63) is 42.5 Å². The summed E-state index contributed by atoms with van der Waals surface area (Å²) in [5, 5.41) is 1.72. The Morgan fingerprint density at radius 1 is 0.905 bits per heavy atom. The van der Waals surface area contributed by atoms with Crippen LogP contribution >= 0.6 is 22.6 Å². The first kappa shape index (κ1) is 16.7. The van der Waals surface area contributed by atoms with Crippen LogP contribution in [-0.4, -0.2) is 19.4 Å². The highest BCUT2D eigenvalue weighted by Crippen LogP contribution is 2.22. The van der Waals surface area contributed by atoms with Gasteiger partial charge in [-0.2, -0.15) is 0 Å². The predicted molar refractivity (Wildman–Crippen MR) is 96.5 cm³/mol. The average molecular weight is 417 g/mol. The zero-order valence-corrected chi connectivity index (χ0v) is 14.9. The van der Waals surface area contributed by atoms with Gasteiger partial charge in [0, 0.05) is 11.9 Å². The third-order valence-corrected chi connectivity index (χ3v) is 5.67. The summed E-state index contributed by atoms with van der Waals surface area (Å²) in [5.74, 6) is 0. The van der Waals surface area contributed by atoms with Crippen molar-refractivity contribution < 1.29 is 8.42 Å². The molecule has 2 rings (SSSR count). The predicted octanol–water partition coefficient (Wildman–Crippen LogP) is 4.11. The van der Waals surface area contributed by atoms with E-state index in [4.69, 9.17) is 0 Å². The van der Waals surface area contributed by atoms with E-state index in [9.17, 15) is 8.42 Å². The zero-order chi connectivity index (χ0) is 15.1. The Labute approximate surface area is 140 Å². The molecule has 21 heavy (non-hydrogen) atoms. The summed E-state index contributed by atoms with van der Waals surface area (Å²) in [4.78, 5) is 0.368. The third-order valence-electron chi connectivity index (χ3n) is 3.39. The fraction of sp³-hybridized carbons (Fsp3) is 0.375. The minimum Gasteiger partial charge on any atom is -0.211 e. The molecule has 0 spiro atoms. The van der Waals surface area contributed by atoms with Crippen molar-refractivity contribution in [2.45, 2.75) is 30.6 Å². The van der Waals surface area contributed by atoms with Crippen LogP contribution in [-0.2, 0) is 10.0 Å². The molecule has 1 N–H and O–H groups in total. The summed E-state index contributed by atoms with van der Waals surface area (Å²) in [6.07, 6.45) is 4.33. The number of sulfonamides is 1. The first-order valence-corrected chi connectivity index (χ1v) is 10.2. The molecule has 0 heterocycles. The summed E-state index contributed by atoms with van der Waals surface area (Å²) in [5.41, 5.74) is 0. The van der Waals surface area contributed by atoms with Gasteiger partial charge in [0.15, 0.2) is 0 Å². The van der Waals surface area contributed by atoms with E-state index in [0.717, 1.165) is 23.6 Å². The normalized spacial score (nSPS) is 11.9. The molecule has 0 amide bonds. The molecule has 5 heteroatoms. The van der Waals surface area contributed by atoms with Crippen LogP contribution in [0, 0.1) is 0 Å². The highest BCUT2D eigenvalue weighted by molar-refractivity contribution is 14.1. The minimum absolute atomic E-state index is 0.368. The summed E-state index contributed by atoms with van der Waals surface area (Å²) in [6.45, 7) is 0.507. The molecule has 0 unspecified atom stereocenters. The molecular formula is C16H20INO2S. The maximum atomic E-state index is 12.4. The van der Waals surface area contributed by atoms with Crippen LogP contribution in [0.5, 0.6) is 0 Å². The van der Waals surface area contributed by atoms with E-state index >= 15 is 0 Å². The maximum Gasteiger partial charge on any atom is 0.241 e. The molecule has 0 aliphatic carbocycles. The van der Waals surface area contributed by atoms with Crippen molar-refractivity contribution >= 4 is 43.4 Å². The van der Waals surface area contributed by atoms with Gasteiger partial charge in [-0.1, -0.05) is 71.8 Å². The van der Waals surface area contributed by atoms with Crippen molar-refractivity contribution in [1.82, 2.24) is 4.72 Å². The Kier molecular flexibility index (Phi) is 6.44. The second kappa shape index (κ2) is 8.10. The van der Waals surface area contributed by atoms with Gasteiger partial charge in [0.1, 0.15) is 0 Å². The average Bonchev–Trinajstić information content (AvgIpc) is 2.50. The van der Waals surface area contributed by atoms with Crippen molar-refractivity contribution in [2.75, 3.05) is 11.0 Å². The fourth-order valence-electron chi connectivity index (χ4n) is 2.29. The van der Waals surface area contributed by atoms with Gasteiger partial charge in [-0.05, 0) is 28.7 Å². The lowest BCUT2D eigenvalue weighted by molar-refractivity contribution is 0.575. The highest BCUT2D eigenvalue weighted by atomic mass is 127. The van der Waals surface area contributed by atoms with Crippen LogP contribution in [0.15, 0.2) is 47.4 Å². The zero-order valence-electron chi connectivity index (χ0n) is 11.9. The van der Waals surface area contributed by atoms with Crippen LogP contribution in [0.25, 0.3) is 10.8 Å². The lowest BCUT2D eigenvalue weighted by Gasteiger charge is -2.09. The Balaban J connectivity index is 2.05. The number of rotatable bonds is 8. The van der Waals surface area contributed by atoms with E-state index in [-0.39, 0.29) is 0 Å². The van der Waals surface area contributed by atoms with Gasteiger partial charge in [-0.15, -0.1) is 0 Å². The number of benzene rings is 2. The Morgan fingerprint density at radius 3 is 2.43 bits per heavy atom. The number of nitrogens with one attached hydrogen (secondary N) is 1. The number of hydrogen-bond donors (Lipinski definition) is 1. The van der Waals surface area contributed by atoms with Crippen molar-refractivity contribution in [1.29, 1.82) is 0 Å². The first-order valence-electron chi connectivity index (χ1n) is 7.18. The number of hydrogen-bond acceptors (Lipinski definition) is 2. The summed E-state index contributed by atoms with van der Waals surface area (Å²) in [7, 11) is -3.43. The standard InChI is InChI=1S/C16H20INO2S/c17-12-5-1-2-6-13-18-21(19,20)16-11-7-9-14-8-3-4-10-15(14)16/h3-4,7-11,18H,1-2,5-6,12-13H2. The molecule has 0 atom stereocenters. The number of fused-ring (bicyclic) bond motifs is 1. The monoisotopic (exact) mass is 417 g/mol. The van der Waals surface area contributed by atoms with Crippen molar-refractivity contribution in [2.24, 2.45) is 0 Å². The Bertz CT molecular complexity index is 680. The second-order valence-electron chi connectivity index (χ2n) is 4.98. The van der Waals surface area contributed by atoms with Gasteiger partial charge >= 0.3 is 0 Å². The summed E-state index contributed by atoms with van der Waals surface area (Å²) < 4.78 is 28.7. The van der Waals surface area contributed by atoms with E-state index in [2.05, 4.69) is 27.3 Å². The molecule has 0 saturated heterocycles. The molecule has 2 aromatic carbocycles. The smallest absolute Gasteiger partial charge is 0.211 e. The van der Waals surface area contributed by atoms with Crippen LogP contribution in [0.2, 0.25) is 0 Å². The number of alkyl halides is 1. The topological polar surface area (TPSA) is 46.2 Å². The first-order chi connectivity index (χ1) is 10.1. The summed E-state index contributed by atoms with van der Waals surface area (Å²) >= 11 is 2.37. The van der Waals surface area contributed by atoms with Gasteiger partial charge in [-0.3, -0.25) is 0 Å². The molecule has 0 radical (unpaired) electrons. The molecule has 0 fully saturated rings. The SMILES string of the molecule is O=S(=O)(NCCCCCCI)c1cccc2ccccc12. The van der Waals surface area contributed by atoms with Crippen LogP contribution < -0.4 is 4.72 Å². The van der Waals surface area contributed by atoms with Crippen LogP contribution in [0.4, 0.5) is 0 Å². The Morgan fingerprint density at radius 2 is 1.62 bits per heavy atom. The van der Waals surface area contributed by atoms with E-state index in [0.29, 0.717) is 11.4 Å². The van der Waals surface area contributed by atoms with Gasteiger partial charge < -0.3 is 0 Å². The summed E-state index contributed by atoms with van der Waals surface area (Å²) in [6, 6.07) is 12.9. The van der Waals surface area contributed by atoms with Crippen LogP contribution in [0.1, 0.15) is 25.7 Å². The van der Waals surface area contributed by atoms with E-state index in [1.165, 1.54) is 17.3 Å². The minimum atomic E-state index is -3.43. The van der Waals surface area contributed by atoms with Gasteiger partial charge in [0.2, 0.25) is 10.0 Å². The molecule has 0 aliphatic rings. The number of unbranched alkanes of at least 4 members (excludes halogenated alkanes) is 3. The maximum absolute atomic E-state index is 12.4. The Hall–Kier alpha value is -0.660. The quantitative estimate of drug-likeness (QED) is 0.399. The largest absolute Gasteiger partial charge is 0.241 e. The van der Waals surface area contributed by atoms with E-state index in [1.54, 1.807) is 12.1 Å². The van der Waals surface area contributed by atoms with Crippen molar-refractivity contribution in [3.8, 4) is 0 Å². The van der Waals surface area contributed by atoms with Gasteiger partial charge in [0.05, 0.1) is 4.90 Å². The molecule has 0 bridgehead atoms. The third kappa shape index (κ3) is 4.66. The van der Waals surface area contributed by atoms with Crippen molar-refractivity contribution in [3.63, 3.8) is 0 Å². The molecular weight excluding hydrogens is 397 g/mol. The van der Waals surface area contributed by atoms with E-state index < -0.39 is 10.0 Å². The molecule has 3 nitrogen and oxygen atoms in total. The van der Waals surface area contributed by atoms with Gasteiger partial charge in [-0.25, -0.2) is 13.1 Å². The lowest BCUT2D eigenvalue weighted by Crippen LogP contribution is -2.25. The van der Waals surface area contributed by atoms with Gasteiger partial charge in [0.25, 0.3) is 0 Å². The molecule has 0 saturated carbocycles. The molecule has 114 valence electrons.